The minimum absolute atomic E-state index is 0.125. The number of carboxylic acids is 1. The van der Waals surface area contributed by atoms with E-state index in [-0.39, 0.29) is 16.9 Å². The first-order valence-corrected chi connectivity index (χ1v) is 15.8. The first-order chi connectivity index (χ1) is 18.4. The molecule has 1 heterocycles. The Kier molecular flexibility index (Phi) is 15.7. The van der Waals surface area contributed by atoms with E-state index in [1.54, 1.807) is 0 Å². The number of carbonyl (C=O) groups is 2. The lowest BCUT2D eigenvalue weighted by atomic mass is 9.90. The summed E-state index contributed by atoms with van der Waals surface area (Å²) >= 11 is 0. The van der Waals surface area contributed by atoms with Crippen LogP contribution in [0.25, 0.3) is 0 Å². The standard InChI is InChI=1S/C33H55NO4/c1-3-4-5-6-14-17-25-34(2)26-19-21-28(27-34)20-15-12-10-8-7-9-11-13-16-24-31(35)29-22-18-23-30(32(29)36)33(37)38/h18,22-23,28H,3-17,19-21,24-27H2,1-2H3,(H-,35,36,37,38)/p+1. The number of carboxylic acid groups (broad SMARTS) is 1. The first-order valence-electron chi connectivity index (χ1n) is 15.8. The van der Waals surface area contributed by atoms with Gasteiger partial charge >= 0.3 is 5.97 Å². The molecule has 5 nitrogen and oxygen atoms in total. The van der Waals surface area contributed by atoms with Crippen molar-refractivity contribution < 1.29 is 24.3 Å². The Labute approximate surface area is 232 Å². The number of ketones is 1. The van der Waals surface area contributed by atoms with E-state index in [1.807, 2.05) is 0 Å². The van der Waals surface area contributed by atoms with Gasteiger partial charge in [0.25, 0.3) is 0 Å². The molecule has 0 radical (unpaired) electrons. The van der Waals surface area contributed by atoms with Crippen LogP contribution in [-0.4, -0.2) is 53.1 Å². The average molecular weight is 531 g/mol. The predicted molar refractivity (Wildman–Crippen MR) is 157 cm³/mol. The van der Waals surface area contributed by atoms with Crippen LogP contribution in [0.3, 0.4) is 0 Å². The van der Waals surface area contributed by atoms with Crippen molar-refractivity contribution in [2.45, 2.75) is 129 Å². The molecular formula is C33H56NO4+. The van der Waals surface area contributed by atoms with E-state index < -0.39 is 11.7 Å². The molecule has 2 rings (SSSR count). The van der Waals surface area contributed by atoms with Crippen LogP contribution in [0.5, 0.6) is 5.75 Å². The maximum absolute atomic E-state index is 12.4. The summed E-state index contributed by atoms with van der Waals surface area (Å²) in [6.07, 6.45) is 23.9. The van der Waals surface area contributed by atoms with E-state index in [4.69, 9.17) is 5.11 Å². The number of rotatable bonds is 21. The summed E-state index contributed by atoms with van der Waals surface area (Å²) in [6, 6.07) is 4.34. The molecule has 0 saturated carbocycles. The number of phenols is 1. The summed E-state index contributed by atoms with van der Waals surface area (Å²) in [4.78, 5) is 23.5. The number of quaternary nitrogens is 1. The van der Waals surface area contributed by atoms with Crippen LogP contribution in [0.1, 0.15) is 150 Å². The number of piperidine rings is 1. The van der Waals surface area contributed by atoms with Crippen molar-refractivity contribution in [3.8, 4) is 5.75 Å². The second-order valence-electron chi connectivity index (χ2n) is 12.2. The van der Waals surface area contributed by atoms with E-state index in [0.29, 0.717) is 6.42 Å². The zero-order valence-corrected chi connectivity index (χ0v) is 24.5. The zero-order valence-electron chi connectivity index (χ0n) is 24.5. The van der Waals surface area contributed by atoms with E-state index in [1.165, 1.54) is 139 Å². The number of para-hydroxylation sites is 1. The third-order valence-electron chi connectivity index (χ3n) is 8.64. The van der Waals surface area contributed by atoms with Crippen molar-refractivity contribution in [2.24, 2.45) is 5.92 Å². The van der Waals surface area contributed by atoms with Gasteiger partial charge in [-0.3, -0.25) is 4.79 Å². The lowest BCUT2D eigenvalue weighted by Gasteiger charge is -2.41. The summed E-state index contributed by atoms with van der Waals surface area (Å²) in [7, 11) is 2.51. The number of aromatic hydroxyl groups is 1. The Hall–Kier alpha value is -1.88. The van der Waals surface area contributed by atoms with Gasteiger partial charge in [-0.15, -0.1) is 0 Å². The number of unbranched alkanes of at least 4 members (excludes halogenated alkanes) is 13. The van der Waals surface area contributed by atoms with Crippen molar-refractivity contribution in [3.05, 3.63) is 29.3 Å². The molecule has 1 fully saturated rings. The number of nitrogens with zero attached hydrogens (tertiary/aromatic N) is 1. The van der Waals surface area contributed by atoms with E-state index in [0.717, 1.165) is 25.2 Å². The van der Waals surface area contributed by atoms with Crippen molar-refractivity contribution in [1.29, 1.82) is 0 Å². The van der Waals surface area contributed by atoms with E-state index in [2.05, 4.69) is 14.0 Å². The fourth-order valence-corrected chi connectivity index (χ4v) is 6.31. The summed E-state index contributed by atoms with van der Waals surface area (Å²) in [5.74, 6) is -0.864. The van der Waals surface area contributed by atoms with Crippen LogP contribution in [0.4, 0.5) is 0 Å². The number of carbonyl (C=O) groups excluding carboxylic acids is 1. The summed E-state index contributed by atoms with van der Waals surface area (Å²) < 4.78 is 1.32. The van der Waals surface area contributed by atoms with Crippen LogP contribution in [0, 0.1) is 5.92 Å². The zero-order chi connectivity index (χ0) is 27.6. The van der Waals surface area contributed by atoms with Gasteiger partial charge in [0.15, 0.2) is 5.78 Å². The molecule has 0 aromatic heterocycles. The maximum atomic E-state index is 12.4. The summed E-state index contributed by atoms with van der Waals surface area (Å²) in [5, 5.41) is 19.1. The smallest absolute Gasteiger partial charge is 0.339 e. The Morgan fingerprint density at radius 3 is 2.08 bits per heavy atom. The topological polar surface area (TPSA) is 74.6 Å². The predicted octanol–water partition coefficient (Wildman–Crippen LogP) is 8.78. The lowest BCUT2D eigenvalue weighted by molar-refractivity contribution is -0.917. The third kappa shape index (κ3) is 12.3. The highest BCUT2D eigenvalue weighted by atomic mass is 16.4. The number of hydrogen-bond donors (Lipinski definition) is 2. The monoisotopic (exact) mass is 530 g/mol. The first kappa shape index (κ1) is 32.3. The van der Waals surface area contributed by atoms with Gasteiger partial charge in [-0.05, 0) is 50.7 Å². The van der Waals surface area contributed by atoms with Crippen LogP contribution < -0.4 is 0 Å². The molecule has 5 heteroatoms. The third-order valence-corrected chi connectivity index (χ3v) is 8.64. The molecule has 0 spiro atoms. The van der Waals surface area contributed by atoms with Gasteiger partial charge in [0, 0.05) is 12.3 Å². The van der Waals surface area contributed by atoms with Crippen LogP contribution in [0.15, 0.2) is 18.2 Å². The van der Waals surface area contributed by atoms with Crippen LogP contribution in [-0.2, 0) is 0 Å². The van der Waals surface area contributed by atoms with Gasteiger partial charge in [0.1, 0.15) is 11.3 Å². The highest BCUT2D eigenvalue weighted by Gasteiger charge is 2.30. The van der Waals surface area contributed by atoms with Crippen molar-refractivity contribution in [1.82, 2.24) is 0 Å². The number of benzene rings is 1. The fraction of sp³-hybridized carbons (Fsp3) is 0.758. The molecule has 2 atom stereocenters. The molecule has 1 saturated heterocycles. The van der Waals surface area contributed by atoms with E-state index >= 15 is 0 Å². The van der Waals surface area contributed by atoms with Gasteiger partial charge in [0.2, 0.25) is 0 Å². The molecule has 1 aromatic rings. The molecular weight excluding hydrogens is 474 g/mol. The van der Waals surface area contributed by atoms with Gasteiger partial charge in [-0.25, -0.2) is 4.79 Å². The molecule has 0 amide bonds. The molecule has 0 bridgehead atoms. The Bertz CT molecular complexity index is 823. The molecule has 1 aromatic carbocycles. The van der Waals surface area contributed by atoms with Crippen LogP contribution in [0.2, 0.25) is 0 Å². The quantitative estimate of drug-likeness (QED) is 0.0946. The highest BCUT2D eigenvalue weighted by Crippen LogP contribution is 2.27. The maximum Gasteiger partial charge on any atom is 0.339 e. The van der Waals surface area contributed by atoms with Crippen LogP contribution >= 0.6 is 0 Å². The molecule has 2 unspecified atom stereocenters. The minimum Gasteiger partial charge on any atom is -0.506 e. The average Bonchev–Trinajstić information content (AvgIpc) is 2.89. The SMILES string of the molecule is CCCCCCCC[N+]1(C)CCCC(CCCCCCCCCCCC(=O)c2cccc(C(=O)O)c2O)C1. The minimum atomic E-state index is -1.22. The van der Waals surface area contributed by atoms with Crippen molar-refractivity contribution in [2.75, 3.05) is 26.7 Å². The Morgan fingerprint density at radius 1 is 0.842 bits per heavy atom. The second kappa shape index (κ2) is 18.4. The summed E-state index contributed by atoms with van der Waals surface area (Å²) in [6.45, 7) is 6.47. The number of Topliss-reactive ketones (excluding diaryl/α,β-unsaturated/α-hetero) is 1. The molecule has 38 heavy (non-hydrogen) atoms. The second-order valence-corrected chi connectivity index (χ2v) is 12.2. The van der Waals surface area contributed by atoms with Gasteiger partial charge in [-0.2, -0.15) is 0 Å². The largest absolute Gasteiger partial charge is 0.506 e. The molecule has 2 N–H and O–H groups in total. The number of hydrogen-bond acceptors (Lipinski definition) is 3. The Balaban J connectivity index is 1.46. The van der Waals surface area contributed by atoms with E-state index in [9.17, 15) is 14.7 Å². The van der Waals surface area contributed by atoms with Crippen molar-refractivity contribution in [3.63, 3.8) is 0 Å². The summed E-state index contributed by atoms with van der Waals surface area (Å²) in [5.41, 5.74) is -0.0877. The van der Waals surface area contributed by atoms with Gasteiger partial charge in [-0.1, -0.05) is 90.0 Å². The lowest BCUT2D eigenvalue weighted by Crippen LogP contribution is -2.51. The van der Waals surface area contributed by atoms with Gasteiger partial charge in [0.05, 0.1) is 32.2 Å². The molecule has 1 aliphatic heterocycles. The number of likely N-dealkylation sites (tertiary alicyclic amines) is 1. The van der Waals surface area contributed by atoms with Gasteiger partial charge < -0.3 is 14.7 Å². The molecule has 216 valence electrons. The normalized spacial score (nSPS) is 19.5. The molecule has 0 aliphatic carbocycles. The fourth-order valence-electron chi connectivity index (χ4n) is 6.31. The highest BCUT2D eigenvalue weighted by molar-refractivity contribution is 6.02. The number of aromatic carboxylic acids is 1. The molecule has 1 aliphatic rings. The van der Waals surface area contributed by atoms with Crippen molar-refractivity contribution >= 4 is 11.8 Å². The Morgan fingerprint density at radius 2 is 1.42 bits per heavy atom.